The minimum atomic E-state index is 0.422. The maximum absolute atomic E-state index is 6.01. The van der Waals surface area contributed by atoms with Gasteiger partial charge in [-0.3, -0.25) is 0 Å². The lowest BCUT2D eigenvalue weighted by atomic mass is 10.1. The zero-order chi connectivity index (χ0) is 12.3. The molecule has 0 radical (unpaired) electrons. The number of thioether (sulfide) groups is 1. The Hall–Kier alpha value is 0.0700. The zero-order valence-electron chi connectivity index (χ0n) is 9.58. The monoisotopic (exact) mass is 291 g/mol. The number of halogens is 2. The van der Waals surface area contributed by atoms with Gasteiger partial charge in [0.2, 0.25) is 0 Å². The van der Waals surface area contributed by atoms with Crippen molar-refractivity contribution in [3.63, 3.8) is 0 Å². The van der Waals surface area contributed by atoms with Gasteiger partial charge in [-0.25, -0.2) is 0 Å². The van der Waals surface area contributed by atoms with Crippen LogP contribution in [-0.2, 0) is 4.74 Å². The average Bonchev–Trinajstić information content (AvgIpc) is 2.34. The van der Waals surface area contributed by atoms with Crippen molar-refractivity contribution in [1.29, 1.82) is 0 Å². The Bertz CT molecular complexity index is 389. The third-order valence-electron chi connectivity index (χ3n) is 2.85. The molecule has 17 heavy (non-hydrogen) atoms. The van der Waals surface area contributed by atoms with E-state index >= 15 is 0 Å². The molecule has 1 aromatic carbocycles. The van der Waals surface area contributed by atoms with Crippen LogP contribution in [0.4, 0.5) is 0 Å². The Balaban J connectivity index is 2.05. The highest BCUT2D eigenvalue weighted by atomic mass is 35.5. The van der Waals surface area contributed by atoms with Crippen molar-refractivity contribution in [1.82, 2.24) is 5.32 Å². The quantitative estimate of drug-likeness (QED) is 0.922. The third-order valence-corrected chi connectivity index (χ3v) is 4.89. The normalized spacial score (nSPS) is 24.9. The fourth-order valence-electron chi connectivity index (χ4n) is 1.88. The molecule has 1 saturated heterocycles. The van der Waals surface area contributed by atoms with E-state index in [1.165, 1.54) is 0 Å². The summed E-state index contributed by atoms with van der Waals surface area (Å²) in [5.41, 5.74) is 0. The Morgan fingerprint density at radius 3 is 2.88 bits per heavy atom. The van der Waals surface area contributed by atoms with Gasteiger partial charge in [0.15, 0.2) is 0 Å². The molecule has 2 nitrogen and oxygen atoms in total. The third kappa shape index (κ3) is 3.52. The fourth-order valence-corrected chi connectivity index (χ4v) is 3.53. The summed E-state index contributed by atoms with van der Waals surface area (Å²) in [6, 6.07) is 6.24. The van der Waals surface area contributed by atoms with Gasteiger partial charge < -0.3 is 10.1 Å². The van der Waals surface area contributed by atoms with Crippen LogP contribution >= 0.6 is 35.0 Å². The summed E-state index contributed by atoms with van der Waals surface area (Å²) in [5.74, 6) is 0. The van der Waals surface area contributed by atoms with Crippen LogP contribution in [0.1, 0.15) is 6.42 Å². The first kappa shape index (κ1) is 13.5. The molecule has 0 saturated carbocycles. The van der Waals surface area contributed by atoms with E-state index in [1.807, 2.05) is 25.2 Å². The molecular formula is C12H15Cl2NOS. The number of hydrogen-bond acceptors (Lipinski definition) is 3. The second-order valence-electron chi connectivity index (χ2n) is 3.99. The molecule has 1 fully saturated rings. The van der Waals surface area contributed by atoms with Crippen molar-refractivity contribution < 1.29 is 4.74 Å². The highest BCUT2D eigenvalue weighted by molar-refractivity contribution is 8.00. The van der Waals surface area contributed by atoms with Gasteiger partial charge in [-0.1, -0.05) is 23.2 Å². The summed E-state index contributed by atoms with van der Waals surface area (Å²) in [7, 11) is 2.00. The van der Waals surface area contributed by atoms with E-state index in [2.05, 4.69) is 5.32 Å². The van der Waals surface area contributed by atoms with Crippen molar-refractivity contribution in [3.8, 4) is 0 Å². The van der Waals surface area contributed by atoms with Gasteiger partial charge in [0.05, 0.1) is 16.7 Å². The average molecular weight is 292 g/mol. The van der Waals surface area contributed by atoms with E-state index in [-0.39, 0.29) is 0 Å². The van der Waals surface area contributed by atoms with Gasteiger partial charge in [-0.15, -0.1) is 11.8 Å². The van der Waals surface area contributed by atoms with E-state index in [0.717, 1.165) is 24.5 Å². The van der Waals surface area contributed by atoms with Gasteiger partial charge in [0.25, 0.3) is 0 Å². The fraction of sp³-hybridized carbons (Fsp3) is 0.500. The van der Waals surface area contributed by atoms with Crippen LogP contribution in [-0.4, -0.2) is 31.6 Å². The van der Waals surface area contributed by atoms with Gasteiger partial charge in [0, 0.05) is 22.8 Å². The van der Waals surface area contributed by atoms with Crippen LogP contribution in [0.15, 0.2) is 23.1 Å². The molecule has 0 bridgehead atoms. The van der Waals surface area contributed by atoms with Crippen LogP contribution in [0.5, 0.6) is 0 Å². The van der Waals surface area contributed by atoms with Crippen LogP contribution in [0.2, 0.25) is 10.0 Å². The first-order valence-corrected chi connectivity index (χ1v) is 7.21. The largest absolute Gasteiger partial charge is 0.380 e. The molecule has 1 aromatic rings. The standard InChI is InChI=1S/C12H15Cl2NOS/c1-15-11-4-5-16-7-12(11)17-8-2-3-9(13)10(14)6-8/h2-3,6,11-12,15H,4-5,7H2,1H3. The maximum atomic E-state index is 6.01. The minimum absolute atomic E-state index is 0.422. The molecule has 5 heteroatoms. The predicted octanol–water partition coefficient (Wildman–Crippen LogP) is 3.46. The molecule has 0 amide bonds. The summed E-state index contributed by atoms with van der Waals surface area (Å²) in [6.45, 7) is 1.61. The van der Waals surface area contributed by atoms with Crippen LogP contribution < -0.4 is 5.32 Å². The molecule has 1 heterocycles. The first-order chi connectivity index (χ1) is 8.20. The molecule has 2 atom stereocenters. The smallest absolute Gasteiger partial charge is 0.0603 e. The van der Waals surface area contributed by atoms with Gasteiger partial charge in [-0.2, -0.15) is 0 Å². The Labute approximate surface area is 116 Å². The second kappa shape index (κ2) is 6.30. The minimum Gasteiger partial charge on any atom is -0.380 e. The van der Waals surface area contributed by atoms with Gasteiger partial charge in [0.1, 0.15) is 0 Å². The number of rotatable bonds is 3. The summed E-state index contributed by atoms with van der Waals surface area (Å²) in [4.78, 5) is 1.13. The summed E-state index contributed by atoms with van der Waals surface area (Å²) in [6.07, 6.45) is 1.05. The van der Waals surface area contributed by atoms with Crippen LogP contribution in [0.3, 0.4) is 0 Å². The van der Waals surface area contributed by atoms with E-state index in [1.54, 1.807) is 11.8 Å². The highest BCUT2D eigenvalue weighted by Gasteiger charge is 2.25. The van der Waals surface area contributed by atoms with Crippen molar-refractivity contribution in [2.24, 2.45) is 0 Å². The van der Waals surface area contributed by atoms with Crippen molar-refractivity contribution in [2.45, 2.75) is 22.6 Å². The molecule has 1 N–H and O–H groups in total. The first-order valence-electron chi connectivity index (χ1n) is 5.57. The summed E-state index contributed by atoms with van der Waals surface area (Å²) >= 11 is 13.7. The van der Waals surface area contributed by atoms with Gasteiger partial charge in [-0.05, 0) is 31.7 Å². The lowest BCUT2D eigenvalue weighted by Gasteiger charge is -2.30. The van der Waals surface area contributed by atoms with Crippen molar-refractivity contribution >= 4 is 35.0 Å². The van der Waals surface area contributed by atoms with Crippen molar-refractivity contribution in [2.75, 3.05) is 20.3 Å². The Morgan fingerprint density at radius 2 is 2.18 bits per heavy atom. The molecule has 1 aliphatic heterocycles. The van der Waals surface area contributed by atoms with E-state index in [4.69, 9.17) is 27.9 Å². The van der Waals surface area contributed by atoms with Gasteiger partial charge >= 0.3 is 0 Å². The molecule has 0 spiro atoms. The lowest BCUT2D eigenvalue weighted by Crippen LogP contribution is -2.43. The molecule has 0 aromatic heterocycles. The Kier molecular flexibility index (Phi) is 5.00. The molecule has 2 rings (SSSR count). The number of ether oxygens (including phenoxy) is 1. The lowest BCUT2D eigenvalue weighted by molar-refractivity contribution is 0.0851. The second-order valence-corrected chi connectivity index (χ2v) is 6.12. The number of nitrogens with one attached hydrogen (secondary N) is 1. The molecule has 1 aliphatic rings. The van der Waals surface area contributed by atoms with E-state index < -0.39 is 0 Å². The van der Waals surface area contributed by atoms with E-state index in [0.29, 0.717) is 21.3 Å². The van der Waals surface area contributed by atoms with Crippen molar-refractivity contribution in [3.05, 3.63) is 28.2 Å². The summed E-state index contributed by atoms with van der Waals surface area (Å²) in [5, 5.41) is 4.97. The maximum Gasteiger partial charge on any atom is 0.0603 e. The van der Waals surface area contributed by atoms with Crippen LogP contribution in [0, 0.1) is 0 Å². The molecule has 2 unspecified atom stereocenters. The number of benzene rings is 1. The SMILES string of the molecule is CNC1CCOCC1Sc1ccc(Cl)c(Cl)c1. The zero-order valence-corrected chi connectivity index (χ0v) is 11.9. The van der Waals surface area contributed by atoms with E-state index in [9.17, 15) is 0 Å². The highest BCUT2D eigenvalue weighted by Crippen LogP contribution is 2.33. The molecular weight excluding hydrogens is 277 g/mol. The predicted molar refractivity (Wildman–Crippen MR) is 74.4 cm³/mol. The Morgan fingerprint density at radius 1 is 1.35 bits per heavy atom. The van der Waals surface area contributed by atoms with Crippen LogP contribution in [0.25, 0.3) is 0 Å². The molecule has 94 valence electrons. The number of hydrogen-bond donors (Lipinski definition) is 1. The molecule has 0 aliphatic carbocycles. The summed E-state index contributed by atoms with van der Waals surface area (Å²) < 4.78 is 5.52. The topological polar surface area (TPSA) is 21.3 Å².